The Bertz CT molecular complexity index is 994. The number of nitrogens with one attached hydrogen (secondary N) is 2. The first-order chi connectivity index (χ1) is 14.3. The van der Waals surface area contributed by atoms with Gasteiger partial charge in [0, 0.05) is 11.8 Å². The summed E-state index contributed by atoms with van der Waals surface area (Å²) in [5.41, 5.74) is -0.270. The molecule has 1 aliphatic heterocycles. The molecule has 1 unspecified atom stereocenters. The predicted octanol–water partition coefficient (Wildman–Crippen LogP) is 1.84. The number of rotatable bonds is 4. The fourth-order valence-corrected chi connectivity index (χ4v) is 4.66. The molecule has 1 aliphatic carbocycles. The van der Waals surface area contributed by atoms with Crippen molar-refractivity contribution in [3.05, 3.63) is 35.4 Å². The molecule has 0 aromatic heterocycles. The summed E-state index contributed by atoms with van der Waals surface area (Å²) in [6.45, 7) is 5.28. The van der Waals surface area contributed by atoms with Gasteiger partial charge in [-0.05, 0) is 43.2 Å². The molecule has 0 radical (unpaired) electrons. The number of fused-ring (bicyclic) bond motifs is 1. The fourth-order valence-electron chi connectivity index (χ4n) is 4.66. The first kappa shape index (κ1) is 21.4. The summed E-state index contributed by atoms with van der Waals surface area (Å²) < 4.78 is 11.3. The van der Waals surface area contributed by atoms with Crippen molar-refractivity contribution in [1.29, 1.82) is 21.2 Å². The summed E-state index contributed by atoms with van der Waals surface area (Å²) in [6, 6.07) is 11.8. The molecule has 0 saturated heterocycles. The normalized spacial score (nSPS) is 27.1. The van der Waals surface area contributed by atoms with Gasteiger partial charge in [-0.15, -0.1) is 0 Å². The maximum absolute atomic E-state index is 10.1. The monoisotopic (exact) mass is 404 g/mol. The van der Waals surface area contributed by atoms with E-state index in [1.807, 2.05) is 33.0 Å². The lowest BCUT2D eigenvalue weighted by atomic mass is 9.54. The van der Waals surface area contributed by atoms with Crippen LogP contribution >= 0.6 is 0 Å². The lowest BCUT2D eigenvalue weighted by molar-refractivity contribution is -0.878. The summed E-state index contributed by atoms with van der Waals surface area (Å²) in [5, 5.41) is 38.6. The van der Waals surface area contributed by atoms with Crippen LogP contribution in [0.2, 0.25) is 0 Å². The summed E-state index contributed by atoms with van der Waals surface area (Å²) in [6.07, 6.45) is 1.97. The smallest absolute Gasteiger partial charge is 0.189 e. The van der Waals surface area contributed by atoms with Crippen LogP contribution in [0.1, 0.15) is 25.3 Å². The van der Waals surface area contributed by atoms with Gasteiger partial charge in [-0.3, -0.25) is 0 Å². The fraction of sp³-hybridized carbons (Fsp3) is 0.478. The van der Waals surface area contributed by atoms with E-state index in [1.54, 1.807) is 19.2 Å². The molecule has 7 nitrogen and oxygen atoms in total. The molecule has 1 heterocycles. The molecule has 1 aromatic carbocycles. The number of nitriles is 3. The Hall–Kier alpha value is -3.34. The molecule has 2 aliphatic rings. The van der Waals surface area contributed by atoms with Gasteiger partial charge >= 0.3 is 0 Å². The Morgan fingerprint density at radius 3 is 2.47 bits per heavy atom. The number of likely N-dealkylation sites (N-methyl/N-ethyl adjacent to an activating group) is 1. The Kier molecular flexibility index (Phi) is 5.83. The second kappa shape index (κ2) is 8.19. The number of hydrogen-bond donors (Lipinski definition) is 2. The van der Waals surface area contributed by atoms with Gasteiger partial charge in [-0.2, -0.15) is 15.8 Å². The topological polar surface area (TPSA) is 118 Å². The molecule has 4 atom stereocenters. The SMILES string of the molecule is COc1cc([C@H]2[C@H]3C[NH+](C)CC=C3[C@@H](C#N)C(=N)C2(C#N)C#N)ccc1OC(C)C. The maximum atomic E-state index is 10.1. The molecule has 0 amide bonds. The Labute approximate surface area is 177 Å². The van der Waals surface area contributed by atoms with Gasteiger partial charge in [0.1, 0.15) is 5.92 Å². The number of hydrogen-bond acceptors (Lipinski definition) is 6. The van der Waals surface area contributed by atoms with E-state index in [0.29, 0.717) is 18.0 Å². The van der Waals surface area contributed by atoms with Crippen LogP contribution in [0.3, 0.4) is 0 Å². The molecule has 1 fully saturated rings. The lowest BCUT2D eigenvalue weighted by Gasteiger charge is -2.46. The number of quaternary nitrogens is 1. The molecule has 3 rings (SSSR count). The minimum atomic E-state index is -1.72. The van der Waals surface area contributed by atoms with Crippen LogP contribution in [0.25, 0.3) is 0 Å². The van der Waals surface area contributed by atoms with Crippen LogP contribution in [-0.2, 0) is 0 Å². The van der Waals surface area contributed by atoms with Crippen LogP contribution < -0.4 is 14.4 Å². The average Bonchev–Trinajstić information content (AvgIpc) is 2.73. The van der Waals surface area contributed by atoms with Crippen LogP contribution in [0.15, 0.2) is 29.8 Å². The zero-order chi connectivity index (χ0) is 22.1. The zero-order valence-corrected chi connectivity index (χ0v) is 17.7. The molecular formula is C23H26N5O2+. The standard InChI is InChI=1S/C23H25N5O2/c1-14(2)30-19-6-5-15(9-20(19)29-4)21-18-11-28(3)8-7-16(18)17(10-24)22(27)23(21,12-25)13-26/h5-7,9,14,17-18,21,27H,8,11H2,1-4H3/p+1/t17-,18+,21+/m1/s1. The molecule has 0 spiro atoms. The minimum Gasteiger partial charge on any atom is -0.493 e. The quantitative estimate of drug-likeness (QED) is 0.743. The van der Waals surface area contributed by atoms with E-state index in [9.17, 15) is 15.8 Å². The van der Waals surface area contributed by atoms with Crippen molar-refractivity contribution in [2.75, 3.05) is 27.2 Å². The van der Waals surface area contributed by atoms with E-state index in [-0.39, 0.29) is 17.7 Å². The number of nitrogens with zero attached hydrogens (tertiary/aromatic N) is 3. The van der Waals surface area contributed by atoms with E-state index < -0.39 is 17.3 Å². The Morgan fingerprint density at radius 2 is 1.90 bits per heavy atom. The third-order valence-electron chi connectivity index (χ3n) is 5.99. The van der Waals surface area contributed by atoms with Gasteiger partial charge in [-0.1, -0.05) is 6.07 Å². The highest BCUT2D eigenvalue weighted by Gasteiger charge is 2.58. The highest BCUT2D eigenvalue weighted by molar-refractivity contribution is 6.00. The number of ether oxygens (including phenoxy) is 2. The van der Waals surface area contributed by atoms with Crippen molar-refractivity contribution in [1.82, 2.24) is 0 Å². The zero-order valence-electron chi connectivity index (χ0n) is 17.7. The van der Waals surface area contributed by atoms with Gasteiger partial charge in [0.25, 0.3) is 0 Å². The van der Waals surface area contributed by atoms with Crippen molar-refractivity contribution in [2.45, 2.75) is 25.9 Å². The molecule has 2 N–H and O–H groups in total. The molecule has 7 heteroatoms. The second-order valence-corrected chi connectivity index (χ2v) is 8.24. The first-order valence-electron chi connectivity index (χ1n) is 9.99. The van der Waals surface area contributed by atoms with E-state index in [0.717, 1.165) is 17.7 Å². The minimum absolute atomic E-state index is 0.0357. The highest BCUT2D eigenvalue weighted by Crippen LogP contribution is 2.53. The van der Waals surface area contributed by atoms with Crippen LogP contribution in [0.5, 0.6) is 11.5 Å². The summed E-state index contributed by atoms with van der Waals surface area (Å²) in [4.78, 5) is 1.23. The third kappa shape index (κ3) is 3.30. The van der Waals surface area contributed by atoms with E-state index >= 15 is 0 Å². The van der Waals surface area contributed by atoms with Crippen molar-refractivity contribution >= 4 is 5.71 Å². The number of benzene rings is 1. The van der Waals surface area contributed by atoms with Gasteiger partial charge in [-0.25, -0.2) is 0 Å². The largest absolute Gasteiger partial charge is 0.493 e. The van der Waals surface area contributed by atoms with E-state index in [4.69, 9.17) is 14.9 Å². The number of methoxy groups -OCH3 is 1. The first-order valence-corrected chi connectivity index (χ1v) is 9.99. The second-order valence-electron chi connectivity index (χ2n) is 8.24. The Balaban J connectivity index is 2.22. The third-order valence-corrected chi connectivity index (χ3v) is 5.99. The molecule has 30 heavy (non-hydrogen) atoms. The van der Waals surface area contributed by atoms with E-state index in [2.05, 4.69) is 18.2 Å². The molecule has 154 valence electrons. The van der Waals surface area contributed by atoms with Crippen molar-refractivity contribution in [2.24, 2.45) is 17.3 Å². The lowest BCUT2D eigenvalue weighted by Crippen LogP contribution is -3.10. The van der Waals surface area contributed by atoms with Gasteiger partial charge in [0.05, 0.1) is 57.3 Å². The molecule has 1 aromatic rings. The van der Waals surface area contributed by atoms with Gasteiger partial charge in [0.15, 0.2) is 16.9 Å². The summed E-state index contributed by atoms with van der Waals surface area (Å²) in [5.74, 6) is -0.517. The Morgan fingerprint density at radius 1 is 1.20 bits per heavy atom. The average molecular weight is 404 g/mol. The molecule has 0 bridgehead atoms. The van der Waals surface area contributed by atoms with Crippen LogP contribution in [0.4, 0.5) is 0 Å². The highest BCUT2D eigenvalue weighted by atomic mass is 16.5. The van der Waals surface area contributed by atoms with Crippen LogP contribution in [-0.4, -0.2) is 39.1 Å². The van der Waals surface area contributed by atoms with Crippen molar-refractivity contribution in [3.63, 3.8) is 0 Å². The van der Waals surface area contributed by atoms with Crippen molar-refractivity contribution < 1.29 is 14.4 Å². The predicted molar refractivity (Wildman–Crippen MR) is 110 cm³/mol. The van der Waals surface area contributed by atoms with Crippen LogP contribution in [0, 0.1) is 56.7 Å². The molecule has 1 saturated carbocycles. The van der Waals surface area contributed by atoms with Crippen molar-refractivity contribution in [3.8, 4) is 29.7 Å². The maximum Gasteiger partial charge on any atom is 0.189 e. The molecular weight excluding hydrogens is 378 g/mol. The van der Waals surface area contributed by atoms with Gasteiger partial charge < -0.3 is 19.8 Å². The van der Waals surface area contributed by atoms with E-state index in [1.165, 1.54) is 4.90 Å². The van der Waals surface area contributed by atoms with Gasteiger partial charge in [0.2, 0.25) is 0 Å². The summed E-state index contributed by atoms with van der Waals surface area (Å²) >= 11 is 0. The summed E-state index contributed by atoms with van der Waals surface area (Å²) in [7, 11) is 3.60.